The Morgan fingerprint density at radius 2 is 2.23 bits per heavy atom. The van der Waals surface area contributed by atoms with Crippen molar-refractivity contribution in [3.8, 4) is 0 Å². The predicted molar refractivity (Wildman–Crippen MR) is 47.2 cm³/mol. The number of carbonyl (C=O) groups excluding carboxylic acids is 1. The van der Waals surface area contributed by atoms with E-state index in [9.17, 15) is 9.00 Å². The van der Waals surface area contributed by atoms with Crippen molar-refractivity contribution >= 4 is 15.6 Å². The molecule has 5 nitrogen and oxygen atoms in total. The molecule has 0 fully saturated rings. The Morgan fingerprint density at radius 3 is 2.62 bits per heavy atom. The van der Waals surface area contributed by atoms with Crippen LogP contribution in [-0.2, 0) is 9.73 Å². The van der Waals surface area contributed by atoms with Crippen molar-refractivity contribution in [2.75, 3.05) is 13.3 Å². The standard InChI is InChI=1S/C7H10N2O3S/c1-9-7(10)5-3-4-6(12-5)13(2,8)11/h3-4,8H,1-2H3,(H,9,10). The largest absolute Gasteiger partial charge is 0.441 e. The summed E-state index contributed by atoms with van der Waals surface area (Å²) in [5, 5.41) is 2.38. The van der Waals surface area contributed by atoms with Gasteiger partial charge >= 0.3 is 0 Å². The van der Waals surface area contributed by atoms with Crippen LogP contribution >= 0.6 is 0 Å². The third-order valence-corrected chi connectivity index (χ3v) is 2.40. The molecule has 1 aromatic heterocycles. The molecule has 0 aliphatic carbocycles. The fraction of sp³-hybridized carbons (Fsp3) is 0.286. The normalized spacial score (nSPS) is 14.9. The molecular formula is C7H10N2O3S. The molecule has 1 aromatic rings. The summed E-state index contributed by atoms with van der Waals surface area (Å²) in [5.41, 5.74) is 0. The van der Waals surface area contributed by atoms with Crippen molar-refractivity contribution in [3.63, 3.8) is 0 Å². The van der Waals surface area contributed by atoms with Crippen molar-refractivity contribution in [1.82, 2.24) is 5.32 Å². The first-order chi connectivity index (χ1) is 5.95. The van der Waals surface area contributed by atoms with Gasteiger partial charge in [-0.3, -0.25) is 4.79 Å². The van der Waals surface area contributed by atoms with E-state index in [0.717, 1.165) is 0 Å². The van der Waals surface area contributed by atoms with Gasteiger partial charge in [0.2, 0.25) is 0 Å². The van der Waals surface area contributed by atoms with E-state index in [2.05, 4.69) is 5.32 Å². The van der Waals surface area contributed by atoms with Gasteiger partial charge in [-0.25, -0.2) is 8.99 Å². The van der Waals surface area contributed by atoms with Gasteiger partial charge in [0.1, 0.15) is 9.73 Å². The molecule has 1 unspecified atom stereocenters. The third kappa shape index (κ3) is 2.09. The van der Waals surface area contributed by atoms with Crippen LogP contribution in [0.25, 0.3) is 0 Å². The Bertz CT molecular complexity index is 419. The minimum atomic E-state index is -2.87. The Labute approximate surface area is 76.1 Å². The van der Waals surface area contributed by atoms with Gasteiger partial charge < -0.3 is 9.73 Å². The molecule has 0 spiro atoms. The molecule has 2 N–H and O–H groups in total. The van der Waals surface area contributed by atoms with Crippen LogP contribution in [0.1, 0.15) is 10.6 Å². The van der Waals surface area contributed by atoms with E-state index in [4.69, 9.17) is 9.20 Å². The summed E-state index contributed by atoms with van der Waals surface area (Å²) in [7, 11) is -1.40. The van der Waals surface area contributed by atoms with Gasteiger partial charge in [-0.2, -0.15) is 0 Å². The Hall–Kier alpha value is -1.30. The molecule has 0 saturated heterocycles. The topological polar surface area (TPSA) is 83.2 Å². The number of amides is 1. The highest BCUT2D eigenvalue weighted by atomic mass is 32.2. The molecule has 0 aliphatic rings. The number of nitrogens with one attached hydrogen (secondary N) is 2. The van der Waals surface area contributed by atoms with E-state index in [1.54, 1.807) is 0 Å². The maximum absolute atomic E-state index is 11.2. The number of furan rings is 1. The molecule has 6 heteroatoms. The summed E-state index contributed by atoms with van der Waals surface area (Å²) in [5.74, 6) is -0.325. The second-order valence-electron chi connectivity index (χ2n) is 2.54. The first-order valence-corrected chi connectivity index (χ1v) is 5.47. The van der Waals surface area contributed by atoms with Crippen LogP contribution in [0.3, 0.4) is 0 Å². The van der Waals surface area contributed by atoms with Crippen molar-refractivity contribution < 1.29 is 13.4 Å². The summed E-state index contributed by atoms with van der Waals surface area (Å²) in [6.45, 7) is 0. The van der Waals surface area contributed by atoms with Crippen molar-refractivity contribution in [1.29, 1.82) is 4.78 Å². The second-order valence-corrected chi connectivity index (χ2v) is 4.63. The zero-order valence-corrected chi connectivity index (χ0v) is 8.10. The van der Waals surface area contributed by atoms with E-state index >= 15 is 0 Å². The molecule has 0 aromatic carbocycles. The van der Waals surface area contributed by atoms with Crippen LogP contribution in [0.15, 0.2) is 21.6 Å². The van der Waals surface area contributed by atoms with Crippen LogP contribution < -0.4 is 5.32 Å². The highest BCUT2D eigenvalue weighted by molar-refractivity contribution is 7.91. The summed E-state index contributed by atoms with van der Waals surface area (Å²) < 4.78 is 23.3. The van der Waals surface area contributed by atoms with E-state index < -0.39 is 15.6 Å². The first-order valence-electron chi connectivity index (χ1n) is 3.51. The van der Waals surface area contributed by atoms with Gasteiger partial charge in [0, 0.05) is 13.3 Å². The van der Waals surface area contributed by atoms with Crippen molar-refractivity contribution in [2.24, 2.45) is 0 Å². The molecule has 1 rings (SSSR count). The average Bonchev–Trinajstić information content (AvgIpc) is 2.50. The Balaban J connectivity index is 3.07. The summed E-state index contributed by atoms with van der Waals surface area (Å²) >= 11 is 0. The quantitative estimate of drug-likeness (QED) is 0.739. The third-order valence-electron chi connectivity index (χ3n) is 1.42. The SMILES string of the molecule is CNC(=O)c1ccc(S(C)(=N)=O)o1. The minimum absolute atomic E-state index is 0.0195. The molecule has 13 heavy (non-hydrogen) atoms. The lowest BCUT2D eigenvalue weighted by atomic mass is 10.4. The lowest BCUT2D eigenvalue weighted by Gasteiger charge is -1.95. The lowest BCUT2D eigenvalue weighted by Crippen LogP contribution is -2.16. The van der Waals surface area contributed by atoms with E-state index in [1.165, 1.54) is 25.4 Å². The fourth-order valence-electron chi connectivity index (χ4n) is 0.775. The summed E-state index contributed by atoms with van der Waals surface area (Å²) in [6, 6.07) is 2.77. The van der Waals surface area contributed by atoms with Crippen LogP contribution in [0, 0.1) is 4.78 Å². The molecule has 0 saturated carbocycles. The highest BCUT2D eigenvalue weighted by Gasteiger charge is 2.13. The maximum Gasteiger partial charge on any atom is 0.286 e. The Kier molecular flexibility index (Phi) is 2.42. The zero-order valence-electron chi connectivity index (χ0n) is 7.29. The molecular weight excluding hydrogens is 192 g/mol. The highest BCUT2D eigenvalue weighted by Crippen LogP contribution is 2.13. The molecule has 0 bridgehead atoms. The maximum atomic E-state index is 11.2. The molecule has 1 atom stereocenters. The van der Waals surface area contributed by atoms with Crippen LogP contribution in [0.2, 0.25) is 0 Å². The number of carbonyl (C=O) groups is 1. The summed E-state index contributed by atoms with van der Waals surface area (Å²) in [6.07, 6.45) is 1.24. The van der Waals surface area contributed by atoms with Crippen molar-refractivity contribution in [3.05, 3.63) is 17.9 Å². The van der Waals surface area contributed by atoms with Crippen LogP contribution in [0.5, 0.6) is 0 Å². The second kappa shape index (κ2) is 3.21. The van der Waals surface area contributed by atoms with Crippen LogP contribution in [0.4, 0.5) is 0 Å². The minimum Gasteiger partial charge on any atom is -0.441 e. The Morgan fingerprint density at radius 1 is 1.62 bits per heavy atom. The number of rotatable bonds is 2. The first kappa shape index (κ1) is 9.79. The smallest absolute Gasteiger partial charge is 0.286 e. The monoisotopic (exact) mass is 202 g/mol. The molecule has 1 heterocycles. The summed E-state index contributed by atoms with van der Waals surface area (Å²) in [4.78, 5) is 11.0. The van der Waals surface area contributed by atoms with Crippen LogP contribution in [-0.4, -0.2) is 23.4 Å². The van der Waals surface area contributed by atoms with Gasteiger partial charge in [-0.15, -0.1) is 0 Å². The lowest BCUT2D eigenvalue weighted by molar-refractivity contribution is 0.0930. The van der Waals surface area contributed by atoms with Gasteiger partial charge in [0.15, 0.2) is 10.9 Å². The molecule has 72 valence electrons. The van der Waals surface area contributed by atoms with Crippen molar-refractivity contribution in [2.45, 2.75) is 5.09 Å². The van der Waals surface area contributed by atoms with Gasteiger partial charge in [-0.05, 0) is 12.1 Å². The average molecular weight is 202 g/mol. The molecule has 0 aliphatic heterocycles. The van der Waals surface area contributed by atoms with E-state index in [-0.39, 0.29) is 10.9 Å². The zero-order chi connectivity index (χ0) is 10.1. The predicted octanol–water partition coefficient (Wildman–Crippen LogP) is 0.675. The fourth-order valence-corrected chi connectivity index (χ4v) is 1.35. The number of hydrogen-bond donors (Lipinski definition) is 2. The molecule has 1 amide bonds. The van der Waals surface area contributed by atoms with Gasteiger partial charge in [0.05, 0.1) is 0 Å². The molecule has 0 radical (unpaired) electrons. The number of hydrogen-bond acceptors (Lipinski definition) is 4. The van der Waals surface area contributed by atoms with E-state index in [1.807, 2.05) is 0 Å². The van der Waals surface area contributed by atoms with Gasteiger partial charge in [-0.1, -0.05) is 0 Å². The van der Waals surface area contributed by atoms with E-state index in [0.29, 0.717) is 0 Å². The van der Waals surface area contributed by atoms with Gasteiger partial charge in [0.25, 0.3) is 5.91 Å².